The molecule has 0 radical (unpaired) electrons. The van der Waals surface area contributed by atoms with Crippen molar-refractivity contribution in [3.63, 3.8) is 0 Å². The third-order valence-corrected chi connectivity index (χ3v) is 4.41. The fourth-order valence-corrected chi connectivity index (χ4v) is 3.09. The first-order chi connectivity index (χ1) is 10.7. The number of methoxy groups -OCH3 is 2. The van der Waals surface area contributed by atoms with Crippen LogP contribution >= 0.6 is 11.3 Å². The predicted molar refractivity (Wildman–Crippen MR) is 92.8 cm³/mol. The molecular formula is C18H17NO2S. The van der Waals surface area contributed by atoms with E-state index < -0.39 is 0 Å². The highest BCUT2D eigenvalue weighted by molar-refractivity contribution is 7.19. The van der Waals surface area contributed by atoms with E-state index in [1.165, 1.54) is 10.3 Å². The van der Waals surface area contributed by atoms with E-state index in [0.717, 1.165) is 27.6 Å². The van der Waals surface area contributed by atoms with Crippen LogP contribution in [0.15, 0.2) is 36.4 Å². The molecule has 0 saturated carbocycles. The van der Waals surface area contributed by atoms with Crippen LogP contribution in [-0.4, -0.2) is 19.2 Å². The number of nitrogens with zero attached hydrogens (tertiary/aromatic N) is 1. The Morgan fingerprint density at radius 1 is 1.00 bits per heavy atom. The third kappa shape index (κ3) is 2.97. The molecule has 0 saturated heterocycles. The van der Waals surface area contributed by atoms with Gasteiger partial charge in [0.1, 0.15) is 16.5 Å². The van der Waals surface area contributed by atoms with Gasteiger partial charge in [-0.2, -0.15) is 0 Å². The normalized spacial score (nSPS) is 11.2. The van der Waals surface area contributed by atoms with Gasteiger partial charge >= 0.3 is 0 Å². The zero-order valence-corrected chi connectivity index (χ0v) is 13.6. The van der Waals surface area contributed by atoms with E-state index in [9.17, 15) is 0 Å². The van der Waals surface area contributed by atoms with Crippen LogP contribution < -0.4 is 9.47 Å². The lowest BCUT2D eigenvalue weighted by Gasteiger charge is -2.06. The molecule has 1 heterocycles. The molecule has 3 aromatic rings. The molecule has 0 spiro atoms. The number of fused-ring (bicyclic) bond motifs is 1. The van der Waals surface area contributed by atoms with E-state index in [1.807, 2.05) is 30.4 Å². The molecule has 2 aromatic carbocycles. The number of aryl methyl sites for hydroxylation is 1. The van der Waals surface area contributed by atoms with Crippen LogP contribution in [0.4, 0.5) is 0 Å². The van der Waals surface area contributed by atoms with Crippen LogP contribution in [0.1, 0.15) is 16.1 Å². The van der Waals surface area contributed by atoms with Crippen LogP contribution in [0.3, 0.4) is 0 Å². The predicted octanol–water partition coefficient (Wildman–Crippen LogP) is 4.79. The summed E-state index contributed by atoms with van der Waals surface area (Å²) >= 11 is 1.68. The maximum Gasteiger partial charge on any atom is 0.129 e. The molecule has 0 amide bonds. The lowest BCUT2D eigenvalue weighted by Crippen LogP contribution is -1.89. The molecule has 3 rings (SSSR count). The molecule has 22 heavy (non-hydrogen) atoms. The van der Waals surface area contributed by atoms with Crippen molar-refractivity contribution in [1.82, 2.24) is 4.98 Å². The number of benzene rings is 2. The third-order valence-electron chi connectivity index (χ3n) is 3.41. The SMILES string of the molecule is COc1ccc(C=Cc2nc3cc(C)ccc3s2)c(OC)c1. The lowest BCUT2D eigenvalue weighted by molar-refractivity contribution is 0.394. The highest BCUT2D eigenvalue weighted by Crippen LogP contribution is 2.28. The second-order valence-electron chi connectivity index (χ2n) is 4.96. The van der Waals surface area contributed by atoms with Crippen molar-refractivity contribution < 1.29 is 9.47 Å². The van der Waals surface area contributed by atoms with Gasteiger partial charge in [-0.25, -0.2) is 4.98 Å². The van der Waals surface area contributed by atoms with E-state index in [-0.39, 0.29) is 0 Å². The minimum absolute atomic E-state index is 0.782. The first kappa shape index (κ1) is 14.6. The van der Waals surface area contributed by atoms with E-state index in [0.29, 0.717) is 0 Å². The molecule has 0 atom stereocenters. The van der Waals surface area contributed by atoms with Gasteiger partial charge in [0.2, 0.25) is 0 Å². The largest absolute Gasteiger partial charge is 0.497 e. The van der Waals surface area contributed by atoms with E-state index in [4.69, 9.17) is 9.47 Å². The molecular weight excluding hydrogens is 294 g/mol. The molecule has 1 aromatic heterocycles. The molecule has 0 bridgehead atoms. The van der Waals surface area contributed by atoms with E-state index in [2.05, 4.69) is 30.1 Å². The van der Waals surface area contributed by atoms with Gasteiger partial charge in [0, 0.05) is 11.6 Å². The van der Waals surface area contributed by atoms with Gasteiger partial charge in [0.25, 0.3) is 0 Å². The number of hydrogen-bond donors (Lipinski definition) is 0. The molecule has 112 valence electrons. The molecule has 3 nitrogen and oxygen atoms in total. The minimum atomic E-state index is 0.782. The van der Waals surface area contributed by atoms with Crippen molar-refractivity contribution in [2.75, 3.05) is 14.2 Å². The molecule has 0 aliphatic rings. The summed E-state index contributed by atoms with van der Waals surface area (Å²) in [6.45, 7) is 2.08. The van der Waals surface area contributed by atoms with Crippen LogP contribution in [0, 0.1) is 6.92 Å². The van der Waals surface area contributed by atoms with E-state index >= 15 is 0 Å². The fraction of sp³-hybridized carbons (Fsp3) is 0.167. The molecule has 0 unspecified atom stereocenters. The number of aromatic nitrogens is 1. The Labute approximate surface area is 133 Å². The number of hydrogen-bond acceptors (Lipinski definition) is 4. The van der Waals surface area contributed by atoms with Crippen molar-refractivity contribution >= 4 is 33.7 Å². The maximum absolute atomic E-state index is 5.40. The summed E-state index contributed by atoms with van der Waals surface area (Å²) in [6.07, 6.45) is 4.03. The van der Waals surface area contributed by atoms with Gasteiger partial charge in [-0.05, 0) is 48.9 Å². The fourth-order valence-electron chi connectivity index (χ4n) is 2.24. The lowest BCUT2D eigenvalue weighted by atomic mass is 10.2. The van der Waals surface area contributed by atoms with E-state index in [1.54, 1.807) is 25.6 Å². The summed E-state index contributed by atoms with van der Waals surface area (Å²) in [7, 11) is 3.31. The highest BCUT2D eigenvalue weighted by atomic mass is 32.1. The average Bonchev–Trinajstić information content (AvgIpc) is 2.94. The quantitative estimate of drug-likeness (QED) is 0.694. The molecule has 0 fully saturated rings. The van der Waals surface area contributed by atoms with Crippen LogP contribution in [0.5, 0.6) is 11.5 Å². The van der Waals surface area contributed by atoms with Crippen LogP contribution in [-0.2, 0) is 0 Å². The summed E-state index contributed by atoms with van der Waals surface area (Å²) in [4.78, 5) is 4.64. The Morgan fingerprint density at radius 2 is 1.86 bits per heavy atom. The second-order valence-corrected chi connectivity index (χ2v) is 6.03. The smallest absolute Gasteiger partial charge is 0.129 e. The summed E-state index contributed by atoms with van der Waals surface area (Å²) in [5.74, 6) is 1.57. The summed E-state index contributed by atoms with van der Waals surface area (Å²) in [6, 6.07) is 12.1. The minimum Gasteiger partial charge on any atom is -0.497 e. The zero-order valence-electron chi connectivity index (χ0n) is 12.8. The Morgan fingerprint density at radius 3 is 2.64 bits per heavy atom. The Kier molecular flexibility index (Phi) is 4.11. The van der Waals surface area contributed by atoms with Crippen molar-refractivity contribution in [3.8, 4) is 11.5 Å². The van der Waals surface area contributed by atoms with Gasteiger partial charge in [0.15, 0.2) is 0 Å². The Hall–Kier alpha value is -2.33. The van der Waals surface area contributed by atoms with Crippen molar-refractivity contribution in [2.45, 2.75) is 6.92 Å². The first-order valence-electron chi connectivity index (χ1n) is 6.97. The Bertz CT molecular complexity index is 836. The molecule has 0 aliphatic carbocycles. The second kappa shape index (κ2) is 6.20. The van der Waals surface area contributed by atoms with Crippen molar-refractivity contribution in [1.29, 1.82) is 0 Å². The van der Waals surface area contributed by atoms with Gasteiger partial charge in [-0.3, -0.25) is 0 Å². The standard InChI is InChI=1S/C18H17NO2S/c1-12-4-8-17-15(10-12)19-18(22-17)9-6-13-5-7-14(20-2)11-16(13)21-3/h4-11H,1-3H3. The topological polar surface area (TPSA) is 31.4 Å². The van der Waals surface area contributed by atoms with Gasteiger partial charge in [-0.15, -0.1) is 11.3 Å². The monoisotopic (exact) mass is 311 g/mol. The van der Waals surface area contributed by atoms with Gasteiger partial charge < -0.3 is 9.47 Å². The molecule has 4 heteroatoms. The molecule has 0 aliphatic heterocycles. The summed E-state index contributed by atoms with van der Waals surface area (Å²) in [5, 5.41) is 0.985. The van der Waals surface area contributed by atoms with Crippen molar-refractivity contribution in [2.24, 2.45) is 0 Å². The Balaban J connectivity index is 1.92. The van der Waals surface area contributed by atoms with Crippen LogP contribution in [0.25, 0.3) is 22.4 Å². The number of ether oxygens (including phenoxy) is 2. The van der Waals surface area contributed by atoms with Crippen LogP contribution in [0.2, 0.25) is 0 Å². The summed E-state index contributed by atoms with van der Waals surface area (Å²) in [5.41, 5.74) is 3.27. The highest BCUT2D eigenvalue weighted by Gasteiger charge is 2.04. The molecule has 0 N–H and O–H groups in total. The average molecular weight is 311 g/mol. The maximum atomic E-state index is 5.40. The van der Waals surface area contributed by atoms with Gasteiger partial charge in [0.05, 0.1) is 24.4 Å². The van der Waals surface area contributed by atoms with Gasteiger partial charge in [-0.1, -0.05) is 6.07 Å². The number of rotatable bonds is 4. The van der Waals surface area contributed by atoms with Crippen molar-refractivity contribution in [3.05, 3.63) is 52.5 Å². The zero-order chi connectivity index (χ0) is 15.5. The number of thiazole rings is 1. The first-order valence-corrected chi connectivity index (χ1v) is 7.78. The summed E-state index contributed by atoms with van der Waals surface area (Å²) < 4.78 is 11.8.